The number of carbonyl (C=O) groups excluding carboxylic acids is 2. The summed E-state index contributed by atoms with van der Waals surface area (Å²) < 4.78 is 4.57. The zero-order valence-electron chi connectivity index (χ0n) is 12.5. The van der Waals surface area contributed by atoms with E-state index in [-0.39, 0.29) is 18.2 Å². The Morgan fingerprint density at radius 2 is 1.82 bits per heavy atom. The topological polar surface area (TPSA) is 81.4 Å². The third kappa shape index (κ3) is 4.19. The van der Waals surface area contributed by atoms with Crippen LogP contribution in [0.15, 0.2) is 36.4 Å². The summed E-state index contributed by atoms with van der Waals surface area (Å²) in [6.45, 7) is 1.84. The lowest BCUT2D eigenvalue weighted by Gasteiger charge is -2.12. The summed E-state index contributed by atoms with van der Waals surface area (Å²) in [5.74, 6) is -0.405. The summed E-state index contributed by atoms with van der Waals surface area (Å²) >= 11 is 0. The average Bonchev–Trinajstić information content (AvgIpc) is 2.50. The summed E-state index contributed by atoms with van der Waals surface area (Å²) in [4.78, 5) is 22.6. The van der Waals surface area contributed by atoms with Crippen molar-refractivity contribution in [3.05, 3.63) is 42.0 Å². The van der Waals surface area contributed by atoms with Crippen molar-refractivity contribution in [3.8, 4) is 0 Å². The maximum Gasteiger partial charge on any atom is 0.324 e. The van der Waals surface area contributed by atoms with Gasteiger partial charge in [-0.05, 0) is 35.9 Å². The second-order valence-electron chi connectivity index (χ2n) is 4.84. The molecule has 22 heavy (non-hydrogen) atoms. The molecule has 2 rings (SSSR count). The van der Waals surface area contributed by atoms with Gasteiger partial charge in [0.2, 0.25) is 0 Å². The summed E-state index contributed by atoms with van der Waals surface area (Å²) in [5, 5.41) is 5.10. The number of esters is 1. The van der Waals surface area contributed by atoms with Crippen LogP contribution in [0, 0.1) is 0 Å². The van der Waals surface area contributed by atoms with Crippen molar-refractivity contribution in [2.45, 2.75) is 13.0 Å². The Kier molecular flexibility index (Phi) is 6.34. The van der Waals surface area contributed by atoms with Gasteiger partial charge >= 0.3 is 5.97 Å². The predicted molar refractivity (Wildman–Crippen MR) is 89.7 cm³/mol. The maximum atomic E-state index is 11.4. The number of nitrogens with two attached hydrogens (primary N) is 1. The molecule has 0 unspecified atom stereocenters. The molecule has 0 aliphatic rings. The number of halogens is 1. The molecule has 0 aliphatic heterocycles. The fourth-order valence-electron chi connectivity index (χ4n) is 2.04. The van der Waals surface area contributed by atoms with E-state index in [1.165, 1.54) is 7.11 Å². The van der Waals surface area contributed by atoms with E-state index in [0.717, 1.165) is 16.5 Å². The summed E-state index contributed by atoms with van der Waals surface area (Å²) in [6.07, 6.45) is 0. The van der Waals surface area contributed by atoms with Gasteiger partial charge in [0.05, 0.1) is 7.11 Å². The lowest BCUT2D eigenvalue weighted by atomic mass is 10.0. The first-order valence-corrected chi connectivity index (χ1v) is 6.63. The van der Waals surface area contributed by atoms with E-state index in [9.17, 15) is 9.59 Å². The van der Waals surface area contributed by atoms with Crippen LogP contribution in [0.4, 0.5) is 5.69 Å². The van der Waals surface area contributed by atoms with E-state index in [2.05, 4.69) is 10.1 Å². The standard InChI is InChI=1S/C16H18N2O3.ClH/c1-10(19)11-3-4-13-8-14(6-5-12(13)7-11)18-9-15(17)16(20)21-2;/h3-8,15,18H,9,17H2,1-2H3;1H/t15-;/m0./s1. The Balaban J connectivity index is 0.00000242. The molecule has 0 heterocycles. The van der Waals surface area contributed by atoms with Crippen LogP contribution in [0.25, 0.3) is 10.8 Å². The second-order valence-corrected chi connectivity index (χ2v) is 4.84. The van der Waals surface area contributed by atoms with Crippen molar-refractivity contribution in [1.29, 1.82) is 0 Å². The largest absolute Gasteiger partial charge is 0.468 e. The number of carbonyl (C=O) groups is 2. The number of benzene rings is 2. The molecular formula is C16H19ClN2O3. The highest BCUT2D eigenvalue weighted by molar-refractivity contribution is 5.99. The highest BCUT2D eigenvalue weighted by atomic mass is 35.5. The molecule has 2 aromatic rings. The SMILES string of the molecule is COC(=O)[C@@H](N)CNc1ccc2cc(C(C)=O)ccc2c1.Cl. The number of anilines is 1. The third-order valence-electron chi connectivity index (χ3n) is 3.28. The van der Waals surface area contributed by atoms with Crippen molar-refractivity contribution in [2.24, 2.45) is 5.73 Å². The van der Waals surface area contributed by atoms with Crippen LogP contribution in [0.5, 0.6) is 0 Å². The molecule has 5 nitrogen and oxygen atoms in total. The summed E-state index contributed by atoms with van der Waals surface area (Å²) in [7, 11) is 1.31. The number of ether oxygens (including phenoxy) is 1. The Labute approximate surface area is 135 Å². The molecule has 0 saturated heterocycles. The lowest BCUT2D eigenvalue weighted by Crippen LogP contribution is -2.38. The molecule has 2 aromatic carbocycles. The number of Topliss-reactive ketones (excluding diaryl/α,β-unsaturated/α-hetero) is 1. The van der Waals surface area contributed by atoms with Crippen LogP contribution in [0.3, 0.4) is 0 Å². The first-order chi connectivity index (χ1) is 10.0. The molecule has 0 aromatic heterocycles. The Morgan fingerprint density at radius 3 is 2.45 bits per heavy atom. The van der Waals surface area contributed by atoms with E-state index in [1.807, 2.05) is 30.3 Å². The van der Waals surface area contributed by atoms with E-state index in [1.54, 1.807) is 13.0 Å². The molecule has 3 N–H and O–H groups in total. The van der Waals surface area contributed by atoms with Crippen LogP contribution in [0.1, 0.15) is 17.3 Å². The zero-order valence-corrected chi connectivity index (χ0v) is 13.3. The molecule has 0 aliphatic carbocycles. The number of rotatable bonds is 5. The van der Waals surface area contributed by atoms with Gasteiger partial charge in [-0.2, -0.15) is 0 Å². The molecule has 0 saturated carbocycles. The van der Waals surface area contributed by atoms with Gasteiger partial charge in [0.15, 0.2) is 5.78 Å². The zero-order chi connectivity index (χ0) is 15.4. The van der Waals surface area contributed by atoms with Gasteiger partial charge in [0.25, 0.3) is 0 Å². The van der Waals surface area contributed by atoms with Crippen LogP contribution in [0.2, 0.25) is 0 Å². The molecular weight excluding hydrogens is 304 g/mol. The minimum absolute atomic E-state index is 0. The first-order valence-electron chi connectivity index (χ1n) is 6.63. The fraction of sp³-hybridized carbons (Fsp3) is 0.250. The molecule has 118 valence electrons. The first kappa shape index (κ1) is 17.9. The van der Waals surface area contributed by atoms with Crippen LogP contribution in [-0.4, -0.2) is 31.4 Å². The number of ketones is 1. The predicted octanol–water partition coefficient (Wildman–Crippen LogP) is 2.38. The molecule has 1 atom stereocenters. The van der Waals surface area contributed by atoms with Gasteiger partial charge in [0, 0.05) is 17.8 Å². The van der Waals surface area contributed by atoms with E-state index in [4.69, 9.17) is 5.73 Å². The van der Waals surface area contributed by atoms with Crippen molar-refractivity contribution in [2.75, 3.05) is 19.0 Å². The second kappa shape index (κ2) is 7.77. The summed E-state index contributed by atoms with van der Waals surface area (Å²) in [5.41, 5.74) is 7.22. The van der Waals surface area contributed by atoms with Gasteiger partial charge in [-0.25, -0.2) is 0 Å². The van der Waals surface area contributed by atoms with Gasteiger partial charge in [0.1, 0.15) is 6.04 Å². The Bertz CT molecular complexity index is 688. The maximum absolute atomic E-state index is 11.4. The summed E-state index contributed by atoms with van der Waals surface area (Å²) in [6, 6.07) is 10.6. The lowest BCUT2D eigenvalue weighted by molar-refractivity contribution is -0.141. The van der Waals surface area contributed by atoms with Crippen LogP contribution in [-0.2, 0) is 9.53 Å². The van der Waals surface area contributed by atoms with Gasteiger partial charge < -0.3 is 15.8 Å². The smallest absolute Gasteiger partial charge is 0.324 e. The number of fused-ring (bicyclic) bond motifs is 1. The third-order valence-corrected chi connectivity index (χ3v) is 3.28. The Hall–Kier alpha value is -2.11. The molecule has 0 amide bonds. The molecule has 0 bridgehead atoms. The quantitative estimate of drug-likeness (QED) is 0.652. The van der Waals surface area contributed by atoms with Gasteiger partial charge in [-0.1, -0.05) is 18.2 Å². The molecule has 6 heteroatoms. The monoisotopic (exact) mass is 322 g/mol. The minimum atomic E-state index is -0.703. The molecule has 0 radical (unpaired) electrons. The number of methoxy groups -OCH3 is 1. The average molecular weight is 323 g/mol. The van der Waals surface area contributed by atoms with Gasteiger partial charge in [-0.3, -0.25) is 9.59 Å². The van der Waals surface area contributed by atoms with Crippen molar-refractivity contribution in [3.63, 3.8) is 0 Å². The van der Waals surface area contributed by atoms with Gasteiger partial charge in [-0.15, -0.1) is 12.4 Å². The fourth-order valence-corrected chi connectivity index (χ4v) is 2.04. The Morgan fingerprint density at radius 1 is 1.18 bits per heavy atom. The normalized spacial score (nSPS) is 11.4. The molecule has 0 spiro atoms. The van der Waals surface area contributed by atoms with Crippen molar-refractivity contribution in [1.82, 2.24) is 0 Å². The van der Waals surface area contributed by atoms with E-state index >= 15 is 0 Å². The van der Waals surface area contributed by atoms with Crippen LogP contribution >= 0.6 is 12.4 Å². The number of hydrogen-bond acceptors (Lipinski definition) is 5. The van der Waals surface area contributed by atoms with Crippen molar-refractivity contribution >= 4 is 40.6 Å². The highest BCUT2D eigenvalue weighted by Gasteiger charge is 2.12. The number of nitrogens with one attached hydrogen (secondary N) is 1. The molecule has 0 fully saturated rings. The van der Waals surface area contributed by atoms with E-state index < -0.39 is 12.0 Å². The van der Waals surface area contributed by atoms with Crippen molar-refractivity contribution < 1.29 is 14.3 Å². The minimum Gasteiger partial charge on any atom is -0.468 e. The van der Waals surface area contributed by atoms with Crippen LogP contribution < -0.4 is 11.1 Å². The number of hydrogen-bond donors (Lipinski definition) is 2. The highest BCUT2D eigenvalue weighted by Crippen LogP contribution is 2.21. The van der Waals surface area contributed by atoms with E-state index in [0.29, 0.717) is 12.1 Å².